The SMILES string of the molecule is CC(C)S(=O)(=O)c1ccccc1Nc1nc(Nc2ccc(P(C)(C)=O)nc2OC(F)(F)F)ncc1Cl. The Bertz CT molecular complexity index is 1430. The number of pyridine rings is 1. The van der Waals surface area contributed by atoms with Crippen LogP contribution in [-0.4, -0.2) is 48.3 Å². The van der Waals surface area contributed by atoms with Crippen molar-refractivity contribution in [3.8, 4) is 5.88 Å². The summed E-state index contributed by atoms with van der Waals surface area (Å²) >= 11 is 6.19. The molecule has 3 rings (SSSR count). The Morgan fingerprint density at radius 3 is 2.31 bits per heavy atom. The summed E-state index contributed by atoms with van der Waals surface area (Å²) in [5.74, 6) is -1.07. The van der Waals surface area contributed by atoms with Crippen molar-refractivity contribution >= 4 is 57.2 Å². The highest BCUT2D eigenvalue weighted by atomic mass is 35.5. The lowest BCUT2D eigenvalue weighted by atomic mass is 10.3. The number of para-hydroxylation sites is 1. The van der Waals surface area contributed by atoms with Gasteiger partial charge in [-0.15, -0.1) is 13.2 Å². The van der Waals surface area contributed by atoms with E-state index in [1.165, 1.54) is 43.8 Å². The molecule has 2 heterocycles. The number of anilines is 4. The Balaban J connectivity index is 1.99. The highest BCUT2D eigenvalue weighted by molar-refractivity contribution is 7.92. The van der Waals surface area contributed by atoms with Crippen LogP contribution in [0.5, 0.6) is 5.88 Å². The van der Waals surface area contributed by atoms with Crippen LogP contribution in [0.15, 0.2) is 47.5 Å². The summed E-state index contributed by atoms with van der Waals surface area (Å²) < 4.78 is 80.7. The summed E-state index contributed by atoms with van der Waals surface area (Å²) in [7, 11) is -6.64. The first-order valence-corrected chi connectivity index (χ1v) is 14.8. The van der Waals surface area contributed by atoms with E-state index >= 15 is 0 Å². The van der Waals surface area contributed by atoms with Gasteiger partial charge in [0.2, 0.25) is 11.8 Å². The number of ether oxygens (including phenoxy) is 1. The quantitative estimate of drug-likeness (QED) is 0.349. The Hall–Kier alpha value is -2.89. The predicted octanol–water partition coefficient (Wildman–Crippen LogP) is 5.34. The molecule has 0 spiro atoms. The topological polar surface area (TPSA) is 123 Å². The van der Waals surface area contributed by atoms with Crippen LogP contribution in [0.1, 0.15) is 13.8 Å². The fourth-order valence-electron chi connectivity index (χ4n) is 2.85. The minimum absolute atomic E-state index is 0.00457. The molecule has 0 aliphatic carbocycles. The fraction of sp³-hybridized carbons (Fsp3) is 0.286. The smallest absolute Gasteiger partial charge is 0.386 e. The van der Waals surface area contributed by atoms with E-state index in [9.17, 15) is 26.2 Å². The van der Waals surface area contributed by atoms with E-state index < -0.39 is 34.5 Å². The molecule has 0 fully saturated rings. The van der Waals surface area contributed by atoms with Crippen molar-refractivity contribution in [2.45, 2.75) is 30.4 Å². The third-order valence-corrected chi connectivity index (χ3v) is 8.51. The number of hydrogen-bond acceptors (Lipinski definition) is 9. The van der Waals surface area contributed by atoms with Gasteiger partial charge < -0.3 is 19.9 Å². The van der Waals surface area contributed by atoms with E-state index in [-0.39, 0.29) is 38.5 Å². The summed E-state index contributed by atoms with van der Waals surface area (Å²) in [5.41, 5.74) is -0.110. The molecule has 2 aromatic heterocycles. The Morgan fingerprint density at radius 1 is 1.03 bits per heavy atom. The second kappa shape index (κ2) is 10.2. The largest absolute Gasteiger partial charge is 0.574 e. The van der Waals surface area contributed by atoms with Gasteiger partial charge in [0.1, 0.15) is 23.3 Å². The van der Waals surface area contributed by atoms with Gasteiger partial charge in [-0.05, 0) is 51.4 Å². The molecule has 36 heavy (non-hydrogen) atoms. The average molecular weight is 564 g/mol. The maximum Gasteiger partial charge on any atom is 0.574 e. The molecule has 0 saturated heterocycles. The van der Waals surface area contributed by atoms with Crippen LogP contribution in [0.2, 0.25) is 5.02 Å². The lowest BCUT2D eigenvalue weighted by Gasteiger charge is -2.17. The molecule has 1 aromatic carbocycles. The number of hydrogen-bond donors (Lipinski definition) is 2. The van der Waals surface area contributed by atoms with Crippen molar-refractivity contribution in [2.75, 3.05) is 24.0 Å². The Kier molecular flexibility index (Phi) is 7.87. The predicted molar refractivity (Wildman–Crippen MR) is 132 cm³/mol. The zero-order chi connectivity index (χ0) is 26.9. The van der Waals surface area contributed by atoms with Gasteiger partial charge in [0, 0.05) is 0 Å². The standard InChI is InChI=1S/C21H22ClF3N5O4PS/c1-12(2)36(32,33)16-8-6-5-7-14(16)27-18-13(22)11-26-20(30-18)28-15-9-10-17(35(3,4)31)29-19(15)34-21(23,24)25/h5-12H,1-4H3,(H2,26,27,28,30). The van der Waals surface area contributed by atoms with Crippen LogP contribution < -0.4 is 20.8 Å². The molecular weight excluding hydrogens is 542 g/mol. The molecule has 9 nitrogen and oxygen atoms in total. The lowest BCUT2D eigenvalue weighted by Crippen LogP contribution is -2.21. The summed E-state index contributed by atoms with van der Waals surface area (Å²) in [6, 6.07) is 8.64. The van der Waals surface area contributed by atoms with Crippen molar-refractivity contribution in [1.82, 2.24) is 15.0 Å². The molecule has 0 aliphatic heterocycles. The molecule has 0 saturated carbocycles. The summed E-state index contributed by atoms with van der Waals surface area (Å²) in [5, 5.41) is 4.75. The number of halogens is 4. The van der Waals surface area contributed by atoms with Crippen molar-refractivity contribution in [3.63, 3.8) is 0 Å². The first kappa shape index (κ1) is 27.7. The second-order valence-electron chi connectivity index (χ2n) is 8.15. The third-order valence-electron chi connectivity index (χ3n) is 4.67. The highest BCUT2D eigenvalue weighted by Crippen LogP contribution is 2.37. The van der Waals surface area contributed by atoms with Gasteiger partial charge in [-0.3, -0.25) is 0 Å². The van der Waals surface area contributed by atoms with E-state index in [1.807, 2.05) is 0 Å². The summed E-state index contributed by atoms with van der Waals surface area (Å²) in [4.78, 5) is 11.9. The highest BCUT2D eigenvalue weighted by Gasteiger charge is 2.34. The first-order chi connectivity index (χ1) is 16.6. The van der Waals surface area contributed by atoms with Crippen LogP contribution in [0.3, 0.4) is 0 Å². The zero-order valence-electron chi connectivity index (χ0n) is 19.5. The van der Waals surface area contributed by atoms with Crippen molar-refractivity contribution < 1.29 is 30.9 Å². The molecule has 0 atom stereocenters. The number of benzene rings is 1. The van der Waals surface area contributed by atoms with Gasteiger partial charge in [-0.1, -0.05) is 23.7 Å². The fourth-order valence-corrected chi connectivity index (χ4v) is 4.95. The van der Waals surface area contributed by atoms with E-state index in [2.05, 4.69) is 30.3 Å². The Labute approximate surface area is 210 Å². The number of sulfone groups is 1. The van der Waals surface area contributed by atoms with Crippen LogP contribution in [0.4, 0.5) is 36.3 Å². The average Bonchev–Trinajstić information content (AvgIpc) is 2.75. The molecule has 0 aliphatic rings. The number of aromatic nitrogens is 3. The van der Waals surface area contributed by atoms with Crippen LogP contribution >= 0.6 is 18.7 Å². The normalized spacial score (nSPS) is 12.5. The van der Waals surface area contributed by atoms with Crippen LogP contribution in [0, 0.1) is 0 Å². The lowest BCUT2D eigenvalue weighted by molar-refractivity contribution is -0.275. The van der Waals surface area contributed by atoms with Gasteiger partial charge >= 0.3 is 6.36 Å². The summed E-state index contributed by atoms with van der Waals surface area (Å²) in [6.45, 7) is 5.80. The monoisotopic (exact) mass is 563 g/mol. The molecule has 3 aromatic rings. The number of nitrogens with zero attached hydrogens (tertiary/aromatic N) is 3. The van der Waals surface area contributed by atoms with Gasteiger partial charge in [0.05, 0.1) is 22.0 Å². The van der Waals surface area contributed by atoms with Gasteiger partial charge in [-0.25, -0.2) is 18.4 Å². The van der Waals surface area contributed by atoms with Gasteiger partial charge in [0.25, 0.3) is 0 Å². The molecule has 0 radical (unpaired) electrons. The van der Waals surface area contributed by atoms with Crippen LogP contribution in [-0.2, 0) is 14.4 Å². The van der Waals surface area contributed by atoms with E-state index in [0.717, 1.165) is 0 Å². The Morgan fingerprint density at radius 2 is 1.69 bits per heavy atom. The number of rotatable bonds is 8. The van der Waals surface area contributed by atoms with Crippen molar-refractivity contribution in [2.24, 2.45) is 0 Å². The van der Waals surface area contributed by atoms with E-state index in [0.29, 0.717) is 0 Å². The molecule has 0 amide bonds. The molecule has 194 valence electrons. The van der Waals surface area contributed by atoms with Gasteiger partial charge in [-0.2, -0.15) is 4.98 Å². The van der Waals surface area contributed by atoms with Crippen LogP contribution in [0.25, 0.3) is 0 Å². The second-order valence-corrected chi connectivity index (χ2v) is 14.2. The summed E-state index contributed by atoms with van der Waals surface area (Å²) in [6.07, 6.45) is -3.89. The zero-order valence-corrected chi connectivity index (χ0v) is 21.9. The van der Waals surface area contributed by atoms with E-state index in [1.54, 1.807) is 26.0 Å². The van der Waals surface area contributed by atoms with Crippen molar-refractivity contribution in [3.05, 3.63) is 47.6 Å². The molecule has 15 heteroatoms. The molecule has 0 unspecified atom stereocenters. The maximum atomic E-state index is 13.0. The minimum Gasteiger partial charge on any atom is -0.386 e. The molecule has 2 N–H and O–H groups in total. The van der Waals surface area contributed by atoms with Gasteiger partial charge in [0.15, 0.2) is 15.7 Å². The molecular formula is C21H22ClF3N5O4PS. The first-order valence-electron chi connectivity index (χ1n) is 10.3. The van der Waals surface area contributed by atoms with E-state index in [4.69, 9.17) is 11.6 Å². The minimum atomic E-state index is -5.06. The number of alkyl halides is 3. The third kappa shape index (κ3) is 6.65. The van der Waals surface area contributed by atoms with Crippen molar-refractivity contribution in [1.29, 1.82) is 0 Å². The maximum absolute atomic E-state index is 13.0. The molecule has 0 bridgehead atoms. The number of nitrogens with one attached hydrogen (secondary N) is 2.